The second kappa shape index (κ2) is 4.97. The summed E-state index contributed by atoms with van der Waals surface area (Å²) in [6.07, 6.45) is 0. The molecule has 0 aromatic carbocycles. The summed E-state index contributed by atoms with van der Waals surface area (Å²) in [5.74, 6) is 0.832. The third kappa shape index (κ3) is 2.92. The minimum atomic E-state index is -0.133. The maximum Gasteiger partial charge on any atom is 0.261 e. The Morgan fingerprint density at radius 1 is 1.59 bits per heavy atom. The number of thiophene rings is 1. The van der Waals surface area contributed by atoms with Crippen LogP contribution in [0, 0.1) is 13.8 Å². The topological polar surface area (TPSA) is 68.0 Å². The van der Waals surface area contributed by atoms with Crippen LogP contribution in [0.15, 0.2) is 14.4 Å². The van der Waals surface area contributed by atoms with Crippen molar-refractivity contribution in [2.75, 3.05) is 0 Å². The lowest BCUT2D eigenvalue weighted by molar-refractivity contribution is 0.0953. The molecule has 0 aliphatic rings. The summed E-state index contributed by atoms with van der Waals surface area (Å²) in [4.78, 5) is 16.4. The monoisotopic (exact) mass is 315 g/mol. The Bertz CT molecular complexity index is 530. The molecule has 0 radical (unpaired) electrons. The highest BCUT2D eigenvalue weighted by Crippen LogP contribution is 2.27. The van der Waals surface area contributed by atoms with Crippen LogP contribution in [-0.4, -0.2) is 16.0 Å². The fourth-order valence-electron chi connectivity index (χ4n) is 1.23. The Balaban J connectivity index is 1.98. The fourth-order valence-corrected chi connectivity index (χ4v) is 2.68. The fraction of sp³-hybridized carbons (Fsp3) is 0.300. The van der Waals surface area contributed by atoms with Gasteiger partial charge in [0.05, 0.1) is 15.2 Å². The standard InChI is InChI=1S/C10H10BrN3O2S/c1-5-3-7(17-9(5)11)10(15)12-4-8-13-6(2)16-14-8/h3H,4H2,1-2H3,(H,12,15). The van der Waals surface area contributed by atoms with Crippen molar-refractivity contribution in [2.24, 2.45) is 0 Å². The zero-order valence-corrected chi connectivity index (χ0v) is 11.7. The smallest absolute Gasteiger partial charge is 0.261 e. The number of nitrogens with zero attached hydrogens (tertiary/aromatic N) is 2. The number of carbonyl (C=O) groups excluding carboxylic acids is 1. The number of aryl methyl sites for hydroxylation is 2. The molecule has 0 saturated heterocycles. The van der Waals surface area contributed by atoms with E-state index in [2.05, 4.69) is 31.4 Å². The molecule has 0 bridgehead atoms. The van der Waals surface area contributed by atoms with Crippen molar-refractivity contribution in [3.05, 3.63) is 32.0 Å². The maximum atomic E-state index is 11.8. The molecule has 0 spiro atoms. The van der Waals surface area contributed by atoms with Crippen LogP contribution in [-0.2, 0) is 6.54 Å². The molecule has 0 unspecified atom stereocenters. The average molecular weight is 316 g/mol. The highest BCUT2D eigenvalue weighted by Gasteiger charge is 2.12. The van der Waals surface area contributed by atoms with Gasteiger partial charge in [-0.3, -0.25) is 4.79 Å². The van der Waals surface area contributed by atoms with Gasteiger partial charge >= 0.3 is 0 Å². The molecular formula is C10H10BrN3O2S. The summed E-state index contributed by atoms with van der Waals surface area (Å²) in [7, 11) is 0. The van der Waals surface area contributed by atoms with E-state index in [1.54, 1.807) is 6.92 Å². The van der Waals surface area contributed by atoms with Gasteiger partial charge < -0.3 is 9.84 Å². The summed E-state index contributed by atoms with van der Waals surface area (Å²) >= 11 is 4.79. The number of hydrogen-bond acceptors (Lipinski definition) is 5. The lowest BCUT2D eigenvalue weighted by atomic mass is 10.3. The van der Waals surface area contributed by atoms with Crippen molar-refractivity contribution in [1.29, 1.82) is 0 Å². The van der Waals surface area contributed by atoms with Crippen LogP contribution < -0.4 is 5.32 Å². The van der Waals surface area contributed by atoms with E-state index in [-0.39, 0.29) is 12.5 Å². The average Bonchev–Trinajstić information content (AvgIpc) is 2.83. The van der Waals surface area contributed by atoms with Crippen LogP contribution in [0.1, 0.15) is 27.0 Å². The Labute approximate surface area is 110 Å². The van der Waals surface area contributed by atoms with Crippen molar-refractivity contribution in [3.8, 4) is 0 Å². The molecule has 7 heteroatoms. The first-order chi connectivity index (χ1) is 8.06. The van der Waals surface area contributed by atoms with Gasteiger partial charge in [-0.1, -0.05) is 5.16 Å². The van der Waals surface area contributed by atoms with Crippen LogP contribution in [0.25, 0.3) is 0 Å². The number of rotatable bonds is 3. The van der Waals surface area contributed by atoms with Gasteiger partial charge in [-0.25, -0.2) is 0 Å². The first-order valence-electron chi connectivity index (χ1n) is 4.89. The normalized spacial score (nSPS) is 10.5. The Hall–Kier alpha value is -1.21. The number of hydrogen-bond donors (Lipinski definition) is 1. The minimum absolute atomic E-state index is 0.133. The summed E-state index contributed by atoms with van der Waals surface area (Å²) in [5, 5.41) is 6.43. The van der Waals surface area contributed by atoms with Gasteiger partial charge in [-0.05, 0) is 34.5 Å². The molecule has 1 N–H and O–H groups in total. The zero-order chi connectivity index (χ0) is 12.4. The SMILES string of the molecule is Cc1nc(CNC(=O)c2cc(C)c(Br)s2)no1. The summed E-state index contributed by atoms with van der Waals surface area (Å²) in [5.41, 5.74) is 1.05. The van der Waals surface area contributed by atoms with E-state index in [1.165, 1.54) is 11.3 Å². The Morgan fingerprint density at radius 2 is 2.35 bits per heavy atom. The molecular weight excluding hydrogens is 306 g/mol. The van der Waals surface area contributed by atoms with Gasteiger partial charge in [0.25, 0.3) is 5.91 Å². The third-order valence-corrected chi connectivity index (χ3v) is 4.19. The molecule has 0 atom stereocenters. The minimum Gasteiger partial charge on any atom is -0.344 e. The van der Waals surface area contributed by atoms with Crippen LogP contribution in [0.3, 0.4) is 0 Å². The van der Waals surface area contributed by atoms with Crippen LogP contribution in [0.4, 0.5) is 0 Å². The highest BCUT2D eigenvalue weighted by molar-refractivity contribution is 9.11. The van der Waals surface area contributed by atoms with Crippen LogP contribution in [0.5, 0.6) is 0 Å². The molecule has 17 heavy (non-hydrogen) atoms. The highest BCUT2D eigenvalue weighted by atomic mass is 79.9. The Morgan fingerprint density at radius 3 is 2.88 bits per heavy atom. The lowest BCUT2D eigenvalue weighted by Crippen LogP contribution is -2.22. The number of carbonyl (C=O) groups is 1. The second-order valence-electron chi connectivity index (χ2n) is 3.48. The van der Waals surface area contributed by atoms with E-state index in [1.807, 2.05) is 13.0 Å². The molecule has 0 aliphatic heterocycles. The van der Waals surface area contributed by atoms with Gasteiger partial charge in [-0.15, -0.1) is 11.3 Å². The molecule has 2 heterocycles. The summed E-state index contributed by atoms with van der Waals surface area (Å²) < 4.78 is 5.78. The second-order valence-corrected chi connectivity index (χ2v) is 5.85. The van der Waals surface area contributed by atoms with Gasteiger partial charge in [0.1, 0.15) is 0 Å². The molecule has 1 amide bonds. The number of nitrogens with one attached hydrogen (secondary N) is 1. The van der Waals surface area contributed by atoms with E-state index < -0.39 is 0 Å². The van der Waals surface area contributed by atoms with Gasteiger partial charge in [0.15, 0.2) is 5.82 Å². The van der Waals surface area contributed by atoms with Crippen LogP contribution >= 0.6 is 27.3 Å². The van der Waals surface area contributed by atoms with E-state index >= 15 is 0 Å². The molecule has 2 rings (SSSR count). The predicted octanol–water partition coefficient (Wildman–Crippen LogP) is 2.44. The van der Waals surface area contributed by atoms with Gasteiger partial charge in [0.2, 0.25) is 5.89 Å². The summed E-state index contributed by atoms with van der Waals surface area (Å²) in [6.45, 7) is 3.92. The summed E-state index contributed by atoms with van der Waals surface area (Å²) in [6, 6.07) is 1.84. The van der Waals surface area contributed by atoms with Crippen molar-refractivity contribution >= 4 is 33.2 Å². The molecule has 90 valence electrons. The van der Waals surface area contributed by atoms with Crippen molar-refractivity contribution in [3.63, 3.8) is 0 Å². The molecule has 2 aromatic rings. The molecule has 0 fully saturated rings. The zero-order valence-electron chi connectivity index (χ0n) is 9.28. The first-order valence-corrected chi connectivity index (χ1v) is 6.50. The Kier molecular flexibility index (Phi) is 3.58. The third-order valence-electron chi connectivity index (χ3n) is 2.06. The number of amides is 1. The maximum absolute atomic E-state index is 11.8. The van der Waals surface area contributed by atoms with E-state index in [0.29, 0.717) is 16.6 Å². The van der Waals surface area contributed by atoms with E-state index in [4.69, 9.17) is 4.52 Å². The molecule has 0 saturated carbocycles. The first kappa shape index (κ1) is 12.3. The molecule has 0 aliphatic carbocycles. The predicted molar refractivity (Wildman–Crippen MR) is 67.0 cm³/mol. The van der Waals surface area contributed by atoms with Crippen LogP contribution in [0.2, 0.25) is 0 Å². The number of halogens is 1. The van der Waals surface area contributed by atoms with Crippen molar-refractivity contribution in [2.45, 2.75) is 20.4 Å². The van der Waals surface area contributed by atoms with Gasteiger partial charge in [0, 0.05) is 6.92 Å². The molecule has 5 nitrogen and oxygen atoms in total. The van der Waals surface area contributed by atoms with Crippen molar-refractivity contribution < 1.29 is 9.32 Å². The van der Waals surface area contributed by atoms with Gasteiger partial charge in [-0.2, -0.15) is 4.98 Å². The van der Waals surface area contributed by atoms with E-state index in [0.717, 1.165) is 9.35 Å². The molecule has 2 aromatic heterocycles. The number of aromatic nitrogens is 2. The quantitative estimate of drug-likeness (QED) is 0.944. The lowest BCUT2D eigenvalue weighted by Gasteiger charge is -1.98. The van der Waals surface area contributed by atoms with E-state index in [9.17, 15) is 4.79 Å². The largest absolute Gasteiger partial charge is 0.344 e. The van der Waals surface area contributed by atoms with Crippen molar-refractivity contribution in [1.82, 2.24) is 15.5 Å².